The Bertz CT molecular complexity index is 175. The molecule has 0 saturated heterocycles. The van der Waals surface area contributed by atoms with E-state index >= 15 is 0 Å². The summed E-state index contributed by atoms with van der Waals surface area (Å²) >= 11 is 0. The Hall–Kier alpha value is -0.370. The van der Waals surface area contributed by atoms with Crippen LogP contribution >= 0.6 is 0 Å². The third kappa shape index (κ3) is 3.11. The molecule has 76 valence electrons. The molecule has 13 heavy (non-hydrogen) atoms. The summed E-state index contributed by atoms with van der Waals surface area (Å²) in [6.07, 6.45) is 4.06. The van der Waals surface area contributed by atoms with Crippen LogP contribution < -0.4 is 0 Å². The third-order valence-corrected chi connectivity index (χ3v) is 2.78. The monoisotopic (exact) mass is 184 g/mol. The van der Waals surface area contributed by atoms with E-state index in [0.717, 1.165) is 25.7 Å². The number of hydrogen-bond donors (Lipinski definition) is 1. The fraction of sp³-hybridized carbons (Fsp3) is 0.909. The summed E-state index contributed by atoms with van der Waals surface area (Å²) in [6.45, 7) is 4.16. The number of ketones is 1. The summed E-state index contributed by atoms with van der Waals surface area (Å²) in [5.74, 6) is 0.695. The lowest BCUT2D eigenvalue weighted by molar-refractivity contribution is -0.128. The minimum atomic E-state index is -0.396. The minimum Gasteiger partial charge on any atom is -0.392 e. The van der Waals surface area contributed by atoms with E-state index in [4.69, 9.17) is 0 Å². The molecule has 0 aromatic heterocycles. The maximum absolute atomic E-state index is 11.5. The minimum absolute atomic E-state index is 0.0591. The van der Waals surface area contributed by atoms with Gasteiger partial charge in [-0.2, -0.15) is 0 Å². The smallest absolute Gasteiger partial charge is 0.138 e. The second kappa shape index (κ2) is 4.75. The first-order valence-corrected chi connectivity index (χ1v) is 5.32. The van der Waals surface area contributed by atoms with Gasteiger partial charge in [0, 0.05) is 12.3 Å². The normalized spacial score (nSPS) is 26.5. The van der Waals surface area contributed by atoms with Crippen molar-refractivity contribution in [1.82, 2.24) is 0 Å². The number of hydrogen-bond acceptors (Lipinski definition) is 2. The SMILES string of the molecule is CC(C)C[C@H](O)[C@H]1CCCCC1=O. The lowest BCUT2D eigenvalue weighted by Crippen LogP contribution is -2.31. The van der Waals surface area contributed by atoms with Crippen molar-refractivity contribution in [2.45, 2.75) is 52.1 Å². The van der Waals surface area contributed by atoms with E-state index in [9.17, 15) is 9.90 Å². The molecule has 0 spiro atoms. The van der Waals surface area contributed by atoms with E-state index in [-0.39, 0.29) is 11.7 Å². The van der Waals surface area contributed by atoms with E-state index in [1.54, 1.807) is 0 Å². The van der Waals surface area contributed by atoms with Gasteiger partial charge in [0.2, 0.25) is 0 Å². The molecule has 0 heterocycles. The Labute approximate surface area is 80.3 Å². The van der Waals surface area contributed by atoms with Crippen LogP contribution in [0.2, 0.25) is 0 Å². The van der Waals surface area contributed by atoms with Crippen LogP contribution in [0.4, 0.5) is 0 Å². The molecule has 0 unspecified atom stereocenters. The van der Waals surface area contributed by atoms with Crippen molar-refractivity contribution in [2.24, 2.45) is 11.8 Å². The van der Waals surface area contributed by atoms with Crippen molar-refractivity contribution in [3.8, 4) is 0 Å². The van der Waals surface area contributed by atoms with E-state index in [0.29, 0.717) is 12.3 Å². The third-order valence-electron chi connectivity index (χ3n) is 2.78. The van der Waals surface area contributed by atoms with Crippen molar-refractivity contribution in [1.29, 1.82) is 0 Å². The maximum atomic E-state index is 11.5. The first kappa shape index (κ1) is 10.7. The molecule has 0 radical (unpaired) electrons. The summed E-state index contributed by atoms with van der Waals surface area (Å²) in [7, 11) is 0. The molecule has 1 aliphatic carbocycles. The lowest BCUT2D eigenvalue weighted by atomic mass is 9.81. The molecular formula is C11H20O2. The van der Waals surface area contributed by atoms with Gasteiger partial charge >= 0.3 is 0 Å². The number of aliphatic hydroxyl groups is 1. The quantitative estimate of drug-likeness (QED) is 0.729. The highest BCUT2D eigenvalue weighted by Crippen LogP contribution is 2.26. The average Bonchev–Trinajstić information content (AvgIpc) is 2.03. The summed E-state index contributed by atoms with van der Waals surface area (Å²) in [6, 6.07) is 0. The molecule has 1 aliphatic rings. The molecule has 1 saturated carbocycles. The van der Waals surface area contributed by atoms with Crippen LogP contribution in [0.25, 0.3) is 0 Å². The topological polar surface area (TPSA) is 37.3 Å². The summed E-state index contributed by atoms with van der Waals surface area (Å²) in [5, 5.41) is 9.79. The molecule has 1 fully saturated rings. The largest absolute Gasteiger partial charge is 0.392 e. The highest BCUT2D eigenvalue weighted by atomic mass is 16.3. The zero-order chi connectivity index (χ0) is 9.84. The van der Waals surface area contributed by atoms with Crippen molar-refractivity contribution in [3.05, 3.63) is 0 Å². The van der Waals surface area contributed by atoms with Gasteiger partial charge in [-0.05, 0) is 25.2 Å². The van der Waals surface area contributed by atoms with Crippen LogP contribution in [0.1, 0.15) is 46.0 Å². The Morgan fingerprint density at radius 1 is 1.46 bits per heavy atom. The van der Waals surface area contributed by atoms with Crippen molar-refractivity contribution in [3.63, 3.8) is 0 Å². The predicted molar refractivity (Wildman–Crippen MR) is 52.4 cm³/mol. The lowest BCUT2D eigenvalue weighted by Gasteiger charge is -2.26. The molecule has 2 heteroatoms. The summed E-state index contributed by atoms with van der Waals surface area (Å²) < 4.78 is 0. The molecule has 0 aromatic rings. The Kier molecular flexibility index (Phi) is 3.91. The molecule has 0 aliphatic heterocycles. The molecule has 2 atom stereocenters. The van der Waals surface area contributed by atoms with Gasteiger partial charge in [-0.3, -0.25) is 4.79 Å². The van der Waals surface area contributed by atoms with Crippen molar-refractivity contribution in [2.75, 3.05) is 0 Å². The number of Topliss-reactive ketones (excluding diaryl/α,β-unsaturated/α-hetero) is 1. The van der Waals surface area contributed by atoms with Gasteiger partial charge in [0.25, 0.3) is 0 Å². The fourth-order valence-corrected chi connectivity index (χ4v) is 2.06. The Morgan fingerprint density at radius 2 is 2.15 bits per heavy atom. The predicted octanol–water partition coefficient (Wildman–Crippen LogP) is 2.15. The maximum Gasteiger partial charge on any atom is 0.138 e. The van der Waals surface area contributed by atoms with Gasteiger partial charge in [0.15, 0.2) is 0 Å². The molecule has 1 N–H and O–H groups in total. The van der Waals surface area contributed by atoms with Crippen LogP contribution in [0, 0.1) is 11.8 Å². The van der Waals surface area contributed by atoms with Crippen molar-refractivity contribution < 1.29 is 9.90 Å². The van der Waals surface area contributed by atoms with Gasteiger partial charge in [-0.15, -0.1) is 0 Å². The van der Waals surface area contributed by atoms with Gasteiger partial charge in [0.05, 0.1) is 6.10 Å². The average molecular weight is 184 g/mol. The molecular weight excluding hydrogens is 164 g/mol. The zero-order valence-corrected chi connectivity index (χ0v) is 8.62. The molecule has 1 rings (SSSR count). The molecule has 2 nitrogen and oxygen atoms in total. The van der Waals surface area contributed by atoms with E-state index in [2.05, 4.69) is 13.8 Å². The van der Waals surface area contributed by atoms with E-state index < -0.39 is 6.10 Å². The van der Waals surface area contributed by atoms with Crippen molar-refractivity contribution >= 4 is 5.78 Å². The van der Waals surface area contributed by atoms with Crippen LogP contribution in [0.5, 0.6) is 0 Å². The molecule has 0 amide bonds. The van der Waals surface area contributed by atoms with Crippen LogP contribution in [-0.2, 0) is 4.79 Å². The van der Waals surface area contributed by atoms with Crippen LogP contribution in [-0.4, -0.2) is 17.0 Å². The van der Waals surface area contributed by atoms with Gasteiger partial charge in [0.1, 0.15) is 5.78 Å². The van der Waals surface area contributed by atoms with E-state index in [1.165, 1.54) is 0 Å². The van der Waals surface area contributed by atoms with Gasteiger partial charge in [-0.25, -0.2) is 0 Å². The number of rotatable bonds is 3. The standard InChI is InChI=1S/C11H20O2/c1-8(2)7-11(13)9-5-3-4-6-10(9)12/h8-9,11,13H,3-7H2,1-2H3/t9-,11-/m0/s1. The molecule has 0 aromatic carbocycles. The Morgan fingerprint density at radius 3 is 2.69 bits per heavy atom. The first-order valence-electron chi connectivity index (χ1n) is 5.32. The highest BCUT2D eigenvalue weighted by molar-refractivity contribution is 5.82. The second-order valence-corrected chi connectivity index (χ2v) is 4.52. The second-order valence-electron chi connectivity index (χ2n) is 4.52. The Balaban J connectivity index is 2.43. The molecule has 0 bridgehead atoms. The van der Waals surface area contributed by atoms with E-state index in [1.807, 2.05) is 0 Å². The number of carbonyl (C=O) groups is 1. The van der Waals surface area contributed by atoms with Crippen LogP contribution in [0.3, 0.4) is 0 Å². The highest BCUT2D eigenvalue weighted by Gasteiger charge is 2.28. The van der Waals surface area contributed by atoms with Gasteiger partial charge in [-0.1, -0.05) is 20.3 Å². The number of carbonyl (C=O) groups excluding carboxylic acids is 1. The zero-order valence-electron chi connectivity index (χ0n) is 8.62. The fourth-order valence-electron chi connectivity index (χ4n) is 2.06. The number of aliphatic hydroxyl groups excluding tert-OH is 1. The first-order chi connectivity index (χ1) is 6.11. The summed E-state index contributed by atoms with van der Waals surface area (Å²) in [5.41, 5.74) is 0. The summed E-state index contributed by atoms with van der Waals surface area (Å²) in [4.78, 5) is 11.5. The van der Waals surface area contributed by atoms with Gasteiger partial charge < -0.3 is 5.11 Å². The van der Waals surface area contributed by atoms with Crippen LogP contribution in [0.15, 0.2) is 0 Å².